The Morgan fingerprint density at radius 3 is 2.71 bits per heavy atom. The average molecular weight is 425 g/mol. The van der Waals surface area contributed by atoms with Gasteiger partial charge >= 0.3 is 0 Å². The summed E-state index contributed by atoms with van der Waals surface area (Å²) >= 11 is 0. The maximum Gasteiger partial charge on any atom is 0.191 e. The topological polar surface area (TPSA) is 101 Å². The highest BCUT2D eigenvalue weighted by atomic mass is 16.5. The monoisotopic (exact) mass is 424 g/mol. The number of ether oxygens (including phenoxy) is 1. The van der Waals surface area contributed by atoms with Gasteiger partial charge in [-0.3, -0.25) is 4.68 Å². The summed E-state index contributed by atoms with van der Waals surface area (Å²) in [5, 5.41) is 15.1. The first-order valence-corrected chi connectivity index (χ1v) is 10.5. The molecule has 31 heavy (non-hydrogen) atoms. The lowest BCUT2D eigenvalue weighted by Crippen LogP contribution is -2.39. The Bertz CT molecular complexity index is 1020. The van der Waals surface area contributed by atoms with Crippen LogP contribution in [0.15, 0.2) is 41.8 Å². The van der Waals surface area contributed by atoms with Crippen LogP contribution < -0.4 is 20.7 Å². The molecule has 0 aliphatic carbocycles. The molecule has 0 amide bonds. The standard InChI is InChI=1S/C22H32N8O/c1-6-23-21(26-13-16-9-7-8-10-18(16)31-22(2,3)4)25-12-11-24-19-17-14-29-30(5)20(17)28-15-27-19/h7-10,14-15H,6,11-13H2,1-5H3,(H2,23,25,26)(H,24,27,28). The second-order valence-corrected chi connectivity index (χ2v) is 8.10. The number of nitrogens with zero attached hydrogens (tertiary/aromatic N) is 5. The molecule has 0 aliphatic rings. The molecule has 0 spiro atoms. The Morgan fingerprint density at radius 1 is 1.13 bits per heavy atom. The van der Waals surface area contributed by atoms with Crippen LogP contribution in [0.1, 0.15) is 33.3 Å². The Hall–Kier alpha value is -3.36. The second kappa shape index (κ2) is 10.1. The zero-order valence-corrected chi connectivity index (χ0v) is 18.9. The molecular weight excluding hydrogens is 392 g/mol. The van der Waals surface area contributed by atoms with Gasteiger partial charge in [-0.2, -0.15) is 5.10 Å². The summed E-state index contributed by atoms with van der Waals surface area (Å²) in [6.07, 6.45) is 3.32. The molecule has 0 saturated carbocycles. The van der Waals surface area contributed by atoms with Crippen molar-refractivity contribution in [1.29, 1.82) is 0 Å². The highest BCUT2D eigenvalue weighted by Crippen LogP contribution is 2.23. The molecule has 166 valence electrons. The number of benzene rings is 1. The number of rotatable bonds is 8. The van der Waals surface area contributed by atoms with Gasteiger partial charge in [0.15, 0.2) is 11.6 Å². The summed E-state index contributed by atoms with van der Waals surface area (Å²) in [6, 6.07) is 8.02. The molecule has 2 heterocycles. The van der Waals surface area contributed by atoms with Gasteiger partial charge in [-0.25, -0.2) is 15.0 Å². The number of para-hydroxylation sites is 1. The highest BCUT2D eigenvalue weighted by molar-refractivity contribution is 5.86. The largest absolute Gasteiger partial charge is 0.488 e. The number of anilines is 1. The van der Waals surface area contributed by atoms with Gasteiger partial charge in [0.05, 0.1) is 18.1 Å². The second-order valence-electron chi connectivity index (χ2n) is 8.10. The van der Waals surface area contributed by atoms with Crippen molar-refractivity contribution in [3.8, 4) is 5.75 Å². The molecular formula is C22H32N8O. The van der Waals surface area contributed by atoms with Crippen molar-refractivity contribution in [1.82, 2.24) is 30.4 Å². The molecule has 3 rings (SSSR count). The molecule has 3 N–H and O–H groups in total. The number of hydrogen-bond acceptors (Lipinski definition) is 6. The number of guanidine groups is 1. The molecule has 2 aromatic heterocycles. The number of aromatic nitrogens is 4. The van der Waals surface area contributed by atoms with E-state index in [0.29, 0.717) is 19.6 Å². The van der Waals surface area contributed by atoms with E-state index in [1.165, 1.54) is 0 Å². The van der Waals surface area contributed by atoms with Crippen molar-refractivity contribution in [2.24, 2.45) is 12.0 Å². The van der Waals surface area contributed by atoms with Gasteiger partial charge < -0.3 is 20.7 Å². The van der Waals surface area contributed by atoms with E-state index >= 15 is 0 Å². The van der Waals surface area contributed by atoms with E-state index in [9.17, 15) is 0 Å². The smallest absolute Gasteiger partial charge is 0.191 e. The zero-order valence-electron chi connectivity index (χ0n) is 18.9. The summed E-state index contributed by atoms with van der Waals surface area (Å²) in [7, 11) is 1.87. The Kier molecular flexibility index (Phi) is 7.28. The number of aryl methyl sites for hydroxylation is 1. The maximum absolute atomic E-state index is 6.07. The van der Waals surface area contributed by atoms with E-state index in [2.05, 4.69) is 31.0 Å². The number of aliphatic imine (C=N–C) groups is 1. The molecule has 0 aliphatic heterocycles. The fourth-order valence-corrected chi connectivity index (χ4v) is 3.03. The first-order chi connectivity index (χ1) is 14.9. The minimum atomic E-state index is -0.255. The Morgan fingerprint density at radius 2 is 1.94 bits per heavy atom. The lowest BCUT2D eigenvalue weighted by Gasteiger charge is -2.23. The van der Waals surface area contributed by atoms with Crippen LogP contribution in [0, 0.1) is 0 Å². The van der Waals surface area contributed by atoms with E-state index in [0.717, 1.165) is 40.7 Å². The molecule has 0 fully saturated rings. The van der Waals surface area contributed by atoms with E-state index in [-0.39, 0.29) is 5.60 Å². The molecule has 0 bridgehead atoms. The zero-order chi connectivity index (χ0) is 22.3. The van der Waals surface area contributed by atoms with Crippen LogP contribution in [0.2, 0.25) is 0 Å². The minimum Gasteiger partial charge on any atom is -0.488 e. The van der Waals surface area contributed by atoms with Gasteiger partial charge in [0, 0.05) is 32.2 Å². The molecule has 9 nitrogen and oxygen atoms in total. The summed E-state index contributed by atoms with van der Waals surface area (Å²) < 4.78 is 7.80. The van der Waals surface area contributed by atoms with Crippen molar-refractivity contribution in [3.63, 3.8) is 0 Å². The third-order valence-corrected chi connectivity index (χ3v) is 4.38. The summed E-state index contributed by atoms with van der Waals surface area (Å²) in [5.41, 5.74) is 1.60. The third kappa shape index (κ3) is 6.31. The van der Waals surface area contributed by atoms with Gasteiger partial charge in [0.1, 0.15) is 23.5 Å². The summed E-state index contributed by atoms with van der Waals surface area (Å²) in [5.74, 6) is 2.39. The van der Waals surface area contributed by atoms with E-state index < -0.39 is 0 Å². The van der Waals surface area contributed by atoms with Crippen molar-refractivity contribution in [3.05, 3.63) is 42.4 Å². The van der Waals surface area contributed by atoms with Crippen LogP contribution in [0.5, 0.6) is 5.75 Å². The van der Waals surface area contributed by atoms with E-state index in [1.54, 1.807) is 17.2 Å². The van der Waals surface area contributed by atoms with Gasteiger partial charge in [-0.1, -0.05) is 18.2 Å². The van der Waals surface area contributed by atoms with Gasteiger partial charge in [0.2, 0.25) is 0 Å². The van der Waals surface area contributed by atoms with E-state index in [4.69, 9.17) is 9.73 Å². The molecule has 3 aromatic rings. The molecule has 0 atom stereocenters. The number of fused-ring (bicyclic) bond motifs is 1. The van der Waals surface area contributed by atoms with Crippen LogP contribution >= 0.6 is 0 Å². The lowest BCUT2D eigenvalue weighted by atomic mass is 10.1. The Balaban J connectivity index is 1.58. The average Bonchev–Trinajstić information content (AvgIpc) is 3.11. The van der Waals surface area contributed by atoms with Crippen molar-refractivity contribution < 1.29 is 4.74 Å². The molecule has 0 saturated heterocycles. The summed E-state index contributed by atoms with van der Waals surface area (Å²) in [6.45, 7) is 10.8. The predicted molar refractivity (Wildman–Crippen MR) is 124 cm³/mol. The van der Waals surface area contributed by atoms with Gasteiger partial charge in [-0.05, 0) is 33.8 Å². The van der Waals surface area contributed by atoms with Gasteiger partial charge in [-0.15, -0.1) is 0 Å². The molecule has 0 unspecified atom stereocenters. The normalized spacial score (nSPS) is 12.1. The van der Waals surface area contributed by atoms with E-state index in [1.807, 2.05) is 59.0 Å². The number of hydrogen-bond donors (Lipinski definition) is 3. The molecule has 0 radical (unpaired) electrons. The SMILES string of the molecule is CCNC(=NCc1ccccc1OC(C)(C)C)NCCNc1ncnc2c1cnn2C. The van der Waals surface area contributed by atoms with Crippen LogP contribution in [0.3, 0.4) is 0 Å². The van der Waals surface area contributed by atoms with Crippen molar-refractivity contribution in [2.75, 3.05) is 25.0 Å². The first kappa shape index (κ1) is 22.3. The number of nitrogens with one attached hydrogen (secondary N) is 3. The van der Waals surface area contributed by atoms with Gasteiger partial charge in [0.25, 0.3) is 0 Å². The molecule has 9 heteroatoms. The van der Waals surface area contributed by atoms with Crippen LogP contribution in [-0.2, 0) is 13.6 Å². The lowest BCUT2D eigenvalue weighted by molar-refractivity contribution is 0.129. The summed E-state index contributed by atoms with van der Waals surface area (Å²) in [4.78, 5) is 13.3. The van der Waals surface area contributed by atoms with Crippen LogP contribution in [-0.4, -0.2) is 50.9 Å². The quantitative estimate of drug-likeness (QED) is 0.290. The first-order valence-electron chi connectivity index (χ1n) is 10.5. The van der Waals surface area contributed by atoms with Crippen LogP contribution in [0.25, 0.3) is 11.0 Å². The van der Waals surface area contributed by atoms with Crippen LogP contribution in [0.4, 0.5) is 5.82 Å². The highest BCUT2D eigenvalue weighted by Gasteiger charge is 2.14. The Labute approximate surface area is 183 Å². The molecule has 1 aromatic carbocycles. The fourth-order valence-electron chi connectivity index (χ4n) is 3.03. The predicted octanol–water partition coefficient (Wildman–Crippen LogP) is 2.71. The van der Waals surface area contributed by atoms with Crippen molar-refractivity contribution >= 4 is 22.8 Å². The maximum atomic E-state index is 6.07. The fraction of sp³-hybridized carbons (Fsp3) is 0.455. The third-order valence-electron chi connectivity index (χ3n) is 4.38. The van der Waals surface area contributed by atoms with Crippen molar-refractivity contribution in [2.45, 2.75) is 39.8 Å². The minimum absolute atomic E-state index is 0.255.